The lowest BCUT2D eigenvalue weighted by atomic mass is 10.1. The first-order chi connectivity index (χ1) is 11.2. The Morgan fingerprint density at radius 1 is 1.30 bits per heavy atom. The molecule has 0 bridgehead atoms. The summed E-state index contributed by atoms with van der Waals surface area (Å²) >= 11 is 3.13. The molecule has 2 heterocycles. The number of carbonyl (C=O) groups excluding carboxylic acids is 1. The largest absolute Gasteiger partial charge is 0.465 e. The zero-order valence-electron chi connectivity index (χ0n) is 12.4. The lowest BCUT2D eigenvalue weighted by molar-refractivity contribution is 0.0600. The number of carbonyl (C=O) groups is 1. The number of hydrogen-bond acceptors (Lipinski definition) is 6. The lowest BCUT2D eigenvalue weighted by Gasteiger charge is -2.04. The maximum absolute atomic E-state index is 11.9. The summed E-state index contributed by atoms with van der Waals surface area (Å²) in [6.07, 6.45) is 1.73. The second kappa shape index (κ2) is 6.97. The minimum atomic E-state index is -0.335. The van der Waals surface area contributed by atoms with Gasteiger partial charge >= 0.3 is 5.97 Å². The number of aromatic nitrogens is 2. The number of thiazole rings is 1. The third-order valence-electron chi connectivity index (χ3n) is 3.25. The molecule has 0 aliphatic rings. The number of ether oxygens (including phenoxy) is 1. The molecule has 0 amide bonds. The third kappa shape index (κ3) is 3.62. The predicted octanol–water partition coefficient (Wildman–Crippen LogP) is 2.98. The molecule has 7 heteroatoms. The van der Waals surface area contributed by atoms with Crippen molar-refractivity contribution in [1.82, 2.24) is 9.38 Å². The number of hydrogen-bond donors (Lipinski definition) is 0. The highest BCUT2D eigenvalue weighted by Crippen LogP contribution is 2.18. The summed E-state index contributed by atoms with van der Waals surface area (Å²) in [7, 11) is 1.37. The van der Waals surface area contributed by atoms with Crippen LogP contribution in [0.3, 0.4) is 0 Å². The maximum Gasteiger partial charge on any atom is 0.337 e. The Hall–Kier alpha value is -2.12. The van der Waals surface area contributed by atoms with E-state index in [1.165, 1.54) is 18.4 Å². The van der Waals surface area contributed by atoms with Crippen LogP contribution in [-0.2, 0) is 16.2 Å². The SMILES string of the molecule is COC(=O)c1ccc(CSCc2cc(=O)n3ccsc3n2)cc1. The van der Waals surface area contributed by atoms with Gasteiger partial charge in [-0.05, 0) is 17.7 Å². The summed E-state index contributed by atoms with van der Waals surface area (Å²) in [6.45, 7) is 0. The molecule has 0 saturated heterocycles. The lowest BCUT2D eigenvalue weighted by Crippen LogP contribution is -2.12. The molecule has 23 heavy (non-hydrogen) atoms. The number of esters is 1. The molecule has 0 fully saturated rings. The topological polar surface area (TPSA) is 60.7 Å². The molecule has 0 saturated carbocycles. The summed E-state index contributed by atoms with van der Waals surface area (Å²) in [5.41, 5.74) is 2.39. The molecule has 0 atom stereocenters. The van der Waals surface area contributed by atoms with Crippen LogP contribution in [0, 0.1) is 0 Å². The fourth-order valence-corrected chi connectivity index (χ4v) is 3.72. The van der Waals surface area contributed by atoms with Crippen LogP contribution >= 0.6 is 23.1 Å². The zero-order chi connectivity index (χ0) is 16.2. The van der Waals surface area contributed by atoms with Gasteiger partial charge in [0.05, 0.1) is 18.4 Å². The van der Waals surface area contributed by atoms with Crippen molar-refractivity contribution in [3.63, 3.8) is 0 Å². The van der Waals surface area contributed by atoms with E-state index >= 15 is 0 Å². The Labute approximate surface area is 140 Å². The highest BCUT2D eigenvalue weighted by Gasteiger charge is 2.06. The van der Waals surface area contributed by atoms with E-state index in [1.54, 1.807) is 40.6 Å². The Morgan fingerprint density at radius 3 is 2.83 bits per heavy atom. The molecule has 2 aromatic heterocycles. The first kappa shape index (κ1) is 15.8. The first-order valence-corrected chi connectivity index (χ1v) is 8.91. The standard InChI is InChI=1S/C16H14N2O3S2/c1-21-15(20)12-4-2-11(3-5-12)9-22-10-13-8-14(19)18-6-7-23-16(18)17-13/h2-8H,9-10H2,1H3. The van der Waals surface area contributed by atoms with Crippen LogP contribution in [-0.4, -0.2) is 22.5 Å². The van der Waals surface area contributed by atoms with Gasteiger partial charge in [-0.15, -0.1) is 11.3 Å². The molecule has 5 nitrogen and oxygen atoms in total. The van der Waals surface area contributed by atoms with Crippen LogP contribution < -0.4 is 5.56 Å². The Morgan fingerprint density at radius 2 is 2.09 bits per heavy atom. The quantitative estimate of drug-likeness (QED) is 0.665. The van der Waals surface area contributed by atoms with Gasteiger partial charge in [0.2, 0.25) is 0 Å². The first-order valence-electron chi connectivity index (χ1n) is 6.88. The van der Waals surface area contributed by atoms with E-state index in [0.717, 1.165) is 22.0 Å². The zero-order valence-corrected chi connectivity index (χ0v) is 14.0. The van der Waals surface area contributed by atoms with Gasteiger partial charge in [-0.1, -0.05) is 12.1 Å². The molecule has 0 spiro atoms. The molecular formula is C16H14N2O3S2. The number of fused-ring (bicyclic) bond motifs is 1. The van der Waals surface area contributed by atoms with Crippen LogP contribution in [0.4, 0.5) is 0 Å². The van der Waals surface area contributed by atoms with Crippen molar-refractivity contribution in [3.8, 4) is 0 Å². The van der Waals surface area contributed by atoms with Gasteiger partial charge in [0.1, 0.15) is 0 Å². The van der Waals surface area contributed by atoms with E-state index in [9.17, 15) is 9.59 Å². The Balaban J connectivity index is 1.62. The van der Waals surface area contributed by atoms with Gasteiger partial charge < -0.3 is 4.74 Å². The van der Waals surface area contributed by atoms with E-state index < -0.39 is 0 Å². The molecular weight excluding hydrogens is 332 g/mol. The number of nitrogens with zero attached hydrogens (tertiary/aromatic N) is 2. The van der Waals surface area contributed by atoms with Gasteiger partial charge in [0.15, 0.2) is 4.96 Å². The minimum absolute atomic E-state index is 0.0470. The maximum atomic E-state index is 11.9. The van der Waals surface area contributed by atoms with Gasteiger partial charge in [-0.3, -0.25) is 9.20 Å². The van der Waals surface area contributed by atoms with E-state index in [2.05, 4.69) is 9.72 Å². The normalized spacial score (nSPS) is 10.8. The smallest absolute Gasteiger partial charge is 0.337 e. The highest BCUT2D eigenvalue weighted by molar-refractivity contribution is 7.97. The second-order valence-corrected chi connectivity index (χ2v) is 6.68. The van der Waals surface area contributed by atoms with Crippen molar-refractivity contribution >= 4 is 34.0 Å². The van der Waals surface area contributed by atoms with Crippen LogP contribution in [0.1, 0.15) is 21.6 Å². The van der Waals surface area contributed by atoms with E-state index in [1.807, 2.05) is 17.5 Å². The monoisotopic (exact) mass is 346 g/mol. The van der Waals surface area contributed by atoms with Crippen molar-refractivity contribution in [2.45, 2.75) is 11.5 Å². The van der Waals surface area contributed by atoms with Gasteiger partial charge in [-0.25, -0.2) is 9.78 Å². The molecule has 0 aliphatic carbocycles. The molecule has 3 rings (SSSR count). The van der Waals surface area contributed by atoms with Crippen molar-refractivity contribution < 1.29 is 9.53 Å². The summed E-state index contributed by atoms with van der Waals surface area (Å²) in [4.78, 5) is 28.5. The van der Waals surface area contributed by atoms with Crippen LogP contribution in [0.2, 0.25) is 0 Å². The van der Waals surface area contributed by atoms with Crippen molar-refractivity contribution in [3.05, 3.63) is 69.1 Å². The van der Waals surface area contributed by atoms with Gasteiger partial charge in [0.25, 0.3) is 5.56 Å². The van der Waals surface area contributed by atoms with E-state index in [4.69, 9.17) is 0 Å². The van der Waals surface area contributed by atoms with E-state index in [-0.39, 0.29) is 11.5 Å². The molecule has 3 aromatic rings. The van der Waals surface area contributed by atoms with Gasteiger partial charge in [-0.2, -0.15) is 11.8 Å². The molecule has 0 unspecified atom stereocenters. The number of rotatable bonds is 5. The summed E-state index contributed by atoms with van der Waals surface area (Å²) in [5, 5.41) is 1.85. The molecule has 0 aliphatic heterocycles. The molecule has 0 radical (unpaired) electrons. The Bertz CT molecular complexity index is 884. The third-order valence-corrected chi connectivity index (χ3v) is 5.04. The highest BCUT2D eigenvalue weighted by atomic mass is 32.2. The minimum Gasteiger partial charge on any atom is -0.465 e. The number of thioether (sulfide) groups is 1. The fraction of sp³-hybridized carbons (Fsp3) is 0.188. The average molecular weight is 346 g/mol. The van der Waals surface area contributed by atoms with Crippen molar-refractivity contribution in [2.24, 2.45) is 0 Å². The molecule has 1 aromatic carbocycles. The summed E-state index contributed by atoms with van der Waals surface area (Å²) in [5.74, 6) is 1.12. The molecule has 0 N–H and O–H groups in total. The number of methoxy groups -OCH3 is 1. The molecule has 118 valence electrons. The predicted molar refractivity (Wildman–Crippen MR) is 92.1 cm³/mol. The average Bonchev–Trinajstić information content (AvgIpc) is 3.04. The van der Waals surface area contributed by atoms with Crippen molar-refractivity contribution in [1.29, 1.82) is 0 Å². The summed E-state index contributed by atoms with van der Waals surface area (Å²) < 4.78 is 6.22. The second-order valence-electron chi connectivity index (χ2n) is 4.82. The fourth-order valence-electron chi connectivity index (χ4n) is 2.09. The Kier molecular flexibility index (Phi) is 4.78. The van der Waals surface area contributed by atoms with Crippen LogP contribution in [0.25, 0.3) is 4.96 Å². The summed E-state index contributed by atoms with van der Waals surface area (Å²) in [6, 6.07) is 8.90. The van der Waals surface area contributed by atoms with Crippen LogP contribution in [0.5, 0.6) is 0 Å². The van der Waals surface area contributed by atoms with E-state index in [0.29, 0.717) is 11.3 Å². The van der Waals surface area contributed by atoms with Crippen LogP contribution in [0.15, 0.2) is 46.7 Å². The van der Waals surface area contributed by atoms with Crippen molar-refractivity contribution in [2.75, 3.05) is 7.11 Å². The van der Waals surface area contributed by atoms with Gasteiger partial charge in [0, 0.05) is 29.1 Å². The number of benzene rings is 1.